The molecule has 69 heavy (non-hydrogen) atoms. The van der Waals surface area contributed by atoms with Gasteiger partial charge in [0, 0.05) is 38.2 Å². The monoisotopic (exact) mass is 879 g/mol. The average Bonchev–Trinajstić information content (AvgIpc) is 4.16. The molecule has 0 atom stereocenters. The molecule has 0 saturated carbocycles. The van der Waals surface area contributed by atoms with Crippen molar-refractivity contribution in [2.75, 3.05) is 0 Å². The lowest BCUT2D eigenvalue weighted by Gasteiger charge is -2.30. The maximum Gasteiger partial charge on any atom is 0.164 e. The topological polar surface area (TPSA) is 65.0 Å². The maximum absolute atomic E-state index is 6.56. The second kappa shape index (κ2) is 14.4. The van der Waals surface area contributed by atoms with Crippen LogP contribution >= 0.6 is 0 Å². The number of furan rings is 2. The van der Waals surface area contributed by atoms with Crippen LogP contribution in [0.3, 0.4) is 0 Å². The molecule has 0 bridgehead atoms. The number of aromatic nitrogens is 3. The van der Waals surface area contributed by atoms with Crippen molar-refractivity contribution < 1.29 is 8.83 Å². The molecule has 0 saturated heterocycles. The zero-order chi connectivity index (χ0) is 45.2. The van der Waals surface area contributed by atoms with Crippen molar-refractivity contribution in [3.05, 3.63) is 247 Å². The van der Waals surface area contributed by atoms with Gasteiger partial charge in [0.25, 0.3) is 0 Å². The van der Waals surface area contributed by atoms with Crippen LogP contribution in [0.15, 0.2) is 233 Å². The molecule has 0 amide bonds. The Kier molecular flexibility index (Phi) is 7.93. The van der Waals surface area contributed by atoms with Gasteiger partial charge in [0.15, 0.2) is 17.5 Å². The summed E-state index contributed by atoms with van der Waals surface area (Å²) in [7, 11) is 0. The van der Waals surface area contributed by atoms with Crippen LogP contribution in [0.4, 0.5) is 0 Å². The minimum atomic E-state index is -0.350. The summed E-state index contributed by atoms with van der Waals surface area (Å²) in [5.41, 5.74) is 20.7. The molecule has 13 aromatic rings. The Morgan fingerprint density at radius 2 is 0.696 bits per heavy atom. The maximum atomic E-state index is 6.56. The zero-order valence-corrected chi connectivity index (χ0v) is 37.0. The Morgan fingerprint density at radius 1 is 0.261 bits per heavy atom. The molecule has 3 aromatic heterocycles. The first-order valence-corrected chi connectivity index (χ1v) is 23.4. The van der Waals surface area contributed by atoms with Crippen LogP contribution in [0, 0.1) is 0 Å². The third-order valence-electron chi connectivity index (χ3n) is 14.6. The zero-order valence-electron chi connectivity index (χ0n) is 37.0. The highest BCUT2D eigenvalue weighted by molar-refractivity contribution is 6.14. The van der Waals surface area contributed by atoms with Gasteiger partial charge in [-0.15, -0.1) is 0 Å². The van der Waals surface area contributed by atoms with Gasteiger partial charge in [0.1, 0.15) is 22.3 Å². The van der Waals surface area contributed by atoms with Gasteiger partial charge in [0.05, 0.1) is 5.41 Å². The molecule has 10 aromatic carbocycles. The summed E-state index contributed by atoms with van der Waals surface area (Å²) in [6.07, 6.45) is 0. The van der Waals surface area contributed by atoms with Crippen molar-refractivity contribution >= 4 is 43.9 Å². The molecule has 0 N–H and O–H groups in total. The molecule has 15 rings (SSSR count). The van der Waals surface area contributed by atoms with Crippen molar-refractivity contribution in [3.63, 3.8) is 0 Å². The molecule has 5 heteroatoms. The van der Waals surface area contributed by atoms with Crippen LogP contribution in [-0.4, -0.2) is 15.0 Å². The van der Waals surface area contributed by atoms with Gasteiger partial charge in [-0.3, -0.25) is 0 Å². The van der Waals surface area contributed by atoms with Crippen molar-refractivity contribution in [2.45, 2.75) is 5.41 Å². The van der Waals surface area contributed by atoms with Crippen LogP contribution in [0.2, 0.25) is 0 Å². The summed E-state index contributed by atoms with van der Waals surface area (Å²) in [5.74, 6) is 1.73. The van der Waals surface area contributed by atoms with Gasteiger partial charge < -0.3 is 8.83 Å². The van der Waals surface area contributed by atoms with E-state index in [0.29, 0.717) is 17.5 Å². The van der Waals surface area contributed by atoms with E-state index in [-0.39, 0.29) is 5.41 Å². The van der Waals surface area contributed by atoms with Crippen molar-refractivity contribution in [3.8, 4) is 78.7 Å². The number of hydrogen-bond donors (Lipinski definition) is 0. The summed E-state index contributed by atoms with van der Waals surface area (Å²) >= 11 is 0. The van der Waals surface area contributed by atoms with Gasteiger partial charge in [-0.2, -0.15) is 0 Å². The second-order valence-electron chi connectivity index (χ2n) is 18.2. The van der Waals surface area contributed by atoms with E-state index in [1.807, 2.05) is 72.8 Å². The minimum Gasteiger partial charge on any atom is -0.456 e. The summed E-state index contributed by atoms with van der Waals surface area (Å²) in [5, 5.41) is 3.94. The fourth-order valence-corrected chi connectivity index (χ4v) is 11.6. The van der Waals surface area contributed by atoms with Crippen LogP contribution in [-0.2, 0) is 5.41 Å². The first-order valence-electron chi connectivity index (χ1n) is 23.4. The number of benzene rings is 10. The second-order valence-corrected chi connectivity index (χ2v) is 18.2. The Bertz CT molecular complexity index is 4210. The molecule has 2 aliphatic rings. The van der Waals surface area contributed by atoms with Crippen molar-refractivity contribution in [2.24, 2.45) is 0 Å². The Hall–Kier alpha value is -9.19. The Balaban J connectivity index is 0.833. The fourth-order valence-electron chi connectivity index (χ4n) is 11.6. The van der Waals surface area contributed by atoms with Gasteiger partial charge in [-0.1, -0.05) is 188 Å². The van der Waals surface area contributed by atoms with Crippen LogP contribution < -0.4 is 0 Å². The number of nitrogens with zero attached hydrogens (tertiary/aromatic N) is 3. The average molecular weight is 880 g/mol. The highest BCUT2D eigenvalue weighted by Crippen LogP contribution is 2.63. The van der Waals surface area contributed by atoms with Crippen LogP contribution in [0.1, 0.15) is 22.3 Å². The summed E-state index contributed by atoms with van der Waals surface area (Å²) in [6.45, 7) is 0. The van der Waals surface area contributed by atoms with Gasteiger partial charge >= 0.3 is 0 Å². The number of hydrogen-bond acceptors (Lipinski definition) is 5. The van der Waals surface area contributed by atoms with Crippen molar-refractivity contribution in [1.82, 2.24) is 15.0 Å². The van der Waals surface area contributed by atoms with Gasteiger partial charge in [-0.05, 0) is 103 Å². The van der Waals surface area contributed by atoms with E-state index in [9.17, 15) is 0 Å². The van der Waals surface area contributed by atoms with E-state index >= 15 is 0 Å². The molecular formula is C64H37N3O2. The first kappa shape index (κ1) is 38.0. The lowest BCUT2D eigenvalue weighted by Crippen LogP contribution is -2.25. The smallest absolute Gasteiger partial charge is 0.164 e. The highest BCUT2D eigenvalue weighted by atomic mass is 16.3. The number of rotatable bonds is 5. The lowest BCUT2D eigenvalue weighted by atomic mass is 9.70. The molecule has 0 unspecified atom stereocenters. The van der Waals surface area contributed by atoms with Crippen LogP contribution in [0.5, 0.6) is 0 Å². The number of fused-ring (bicyclic) bond motifs is 16. The molecule has 2 aliphatic carbocycles. The standard InChI is InChI=1S/C64H37N3O2/c1-2-14-40(15-3-1)61-65-62(47-20-12-26-57-59(47)46-19-7-11-25-55(46)68-57)67-63(66-61)48-21-13-27-58-60(48)50-37-42(33-35-56(50)69-58)39-30-28-38(29-31-39)41-32-34-54-49(36-41)45-18-6-10-24-53(45)64(54)51-22-8-4-16-43(51)44-17-5-9-23-52(44)64/h1-37H. The molecule has 5 nitrogen and oxygen atoms in total. The molecule has 320 valence electrons. The summed E-state index contributed by atoms with van der Waals surface area (Å²) in [6, 6.07) is 79.8. The van der Waals surface area contributed by atoms with Gasteiger partial charge in [0.2, 0.25) is 0 Å². The predicted octanol–water partition coefficient (Wildman–Crippen LogP) is 16.3. The SMILES string of the molecule is c1ccc(-c2nc(-c3cccc4oc5ccccc5c34)nc(-c3cccc4oc5ccc(-c6ccc(-c7ccc8c(c7)-c7ccccc7C87c8ccccc8-c8ccccc87)cc6)cc5c34)n2)cc1. The quantitative estimate of drug-likeness (QED) is 0.172. The third-order valence-corrected chi connectivity index (χ3v) is 14.6. The fraction of sp³-hybridized carbons (Fsp3) is 0.0156. The third kappa shape index (κ3) is 5.44. The highest BCUT2D eigenvalue weighted by Gasteiger charge is 2.51. The van der Waals surface area contributed by atoms with E-state index in [0.717, 1.165) is 71.7 Å². The van der Waals surface area contributed by atoms with Crippen LogP contribution in [0.25, 0.3) is 123 Å². The molecule has 0 radical (unpaired) electrons. The molecule has 0 aliphatic heterocycles. The van der Waals surface area contributed by atoms with E-state index in [1.165, 1.54) is 55.6 Å². The molecule has 3 heterocycles. The Morgan fingerprint density at radius 3 is 1.33 bits per heavy atom. The van der Waals surface area contributed by atoms with E-state index in [4.69, 9.17) is 23.8 Å². The number of para-hydroxylation sites is 1. The minimum absolute atomic E-state index is 0.350. The van der Waals surface area contributed by atoms with Crippen molar-refractivity contribution in [1.29, 1.82) is 0 Å². The summed E-state index contributed by atoms with van der Waals surface area (Å²) in [4.78, 5) is 15.6. The molecule has 1 spiro atoms. The predicted molar refractivity (Wildman–Crippen MR) is 278 cm³/mol. The normalized spacial score (nSPS) is 13.0. The molecular weight excluding hydrogens is 843 g/mol. The van der Waals surface area contributed by atoms with E-state index in [2.05, 4.69) is 152 Å². The summed E-state index contributed by atoms with van der Waals surface area (Å²) < 4.78 is 12.9. The molecule has 0 fully saturated rings. The van der Waals surface area contributed by atoms with E-state index in [1.54, 1.807) is 0 Å². The largest absolute Gasteiger partial charge is 0.456 e. The first-order chi connectivity index (χ1) is 34.2. The van der Waals surface area contributed by atoms with Gasteiger partial charge in [-0.25, -0.2) is 15.0 Å². The lowest BCUT2D eigenvalue weighted by molar-refractivity contribution is 0.668. The van der Waals surface area contributed by atoms with E-state index < -0.39 is 0 Å². The Labute approximate surface area is 396 Å².